The number of likely N-dealkylation sites (N-methyl/N-ethyl adjacent to an activating group) is 1. The topological polar surface area (TPSA) is 58.6 Å². The van der Waals surface area contributed by atoms with Crippen molar-refractivity contribution < 1.29 is 14.3 Å². The molecule has 0 unspecified atom stereocenters. The monoisotopic (exact) mass is 456 g/mol. The van der Waals surface area contributed by atoms with Crippen molar-refractivity contribution in [2.75, 3.05) is 34.3 Å². The molecular formula is C24H25ClN2O3S. The van der Waals surface area contributed by atoms with Crippen LogP contribution in [0.4, 0.5) is 0 Å². The highest BCUT2D eigenvalue weighted by molar-refractivity contribution is 7.17. The Labute approximate surface area is 191 Å². The van der Waals surface area contributed by atoms with Gasteiger partial charge in [-0.2, -0.15) is 0 Å². The largest absolute Gasteiger partial charge is 0.497 e. The molecule has 3 rings (SSSR count). The van der Waals surface area contributed by atoms with Gasteiger partial charge in [-0.25, -0.2) is 0 Å². The molecule has 1 heterocycles. The Bertz CT molecular complexity index is 1040. The minimum atomic E-state index is -0.0814. The van der Waals surface area contributed by atoms with E-state index in [2.05, 4.69) is 5.32 Å². The molecule has 7 heteroatoms. The van der Waals surface area contributed by atoms with Gasteiger partial charge in [0.05, 0.1) is 18.4 Å². The summed E-state index contributed by atoms with van der Waals surface area (Å²) in [7, 11) is 5.51. The molecule has 1 amide bonds. The molecule has 0 aliphatic carbocycles. The average Bonchev–Trinajstić information content (AvgIpc) is 3.17. The third-order valence-electron chi connectivity index (χ3n) is 4.72. The molecule has 0 bridgehead atoms. The minimum absolute atomic E-state index is 0.0710. The Morgan fingerprint density at radius 2 is 1.74 bits per heavy atom. The second-order valence-corrected chi connectivity index (χ2v) is 8.85. The van der Waals surface area contributed by atoms with Gasteiger partial charge in [-0.15, -0.1) is 11.3 Å². The van der Waals surface area contributed by atoms with E-state index in [1.54, 1.807) is 31.4 Å². The van der Waals surface area contributed by atoms with Gasteiger partial charge in [0.15, 0.2) is 0 Å². The van der Waals surface area contributed by atoms with Gasteiger partial charge in [0.1, 0.15) is 5.75 Å². The number of hydrogen-bond donors (Lipinski definition) is 1. The zero-order valence-electron chi connectivity index (χ0n) is 17.8. The second-order valence-electron chi connectivity index (χ2n) is 7.36. The van der Waals surface area contributed by atoms with E-state index < -0.39 is 0 Å². The van der Waals surface area contributed by atoms with Crippen molar-refractivity contribution in [3.63, 3.8) is 0 Å². The predicted molar refractivity (Wildman–Crippen MR) is 126 cm³/mol. The summed E-state index contributed by atoms with van der Waals surface area (Å²) in [6.07, 6.45) is 0.206. The number of benzene rings is 2. The van der Waals surface area contributed by atoms with Gasteiger partial charge in [-0.3, -0.25) is 9.59 Å². The van der Waals surface area contributed by atoms with Gasteiger partial charge in [-0.1, -0.05) is 23.7 Å². The molecule has 0 spiro atoms. The Morgan fingerprint density at radius 3 is 2.35 bits per heavy atom. The summed E-state index contributed by atoms with van der Waals surface area (Å²) in [6, 6.07) is 16.3. The molecule has 162 valence electrons. The van der Waals surface area contributed by atoms with E-state index >= 15 is 0 Å². The summed E-state index contributed by atoms with van der Waals surface area (Å²) in [5.41, 5.74) is 2.33. The molecule has 1 aromatic heterocycles. The molecule has 0 aliphatic heterocycles. The minimum Gasteiger partial charge on any atom is -0.497 e. The molecule has 2 aromatic carbocycles. The van der Waals surface area contributed by atoms with Crippen LogP contribution >= 0.6 is 22.9 Å². The lowest BCUT2D eigenvalue weighted by atomic mass is 10.0. The third kappa shape index (κ3) is 6.17. The van der Waals surface area contributed by atoms with Crippen molar-refractivity contribution in [3.05, 3.63) is 75.6 Å². The van der Waals surface area contributed by atoms with E-state index in [1.165, 1.54) is 11.3 Å². The Kier molecular flexibility index (Phi) is 7.85. The maximum Gasteiger partial charge on any atom is 0.224 e. The molecule has 0 saturated heterocycles. The molecule has 31 heavy (non-hydrogen) atoms. The van der Waals surface area contributed by atoms with E-state index in [9.17, 15) is 9.59 Å². The zero-order valence-corrected chi connectivity index (χ0v) is 19.3. The van der Waals surface area contributed by atoms with Crippen molar-refractivity contribution in [1.82, 2.24) is 10.2 Å². The number of methoxy groups -OCH3 is 1. The first-order valence-corrected chi connectivity index (χ1v) is 11.1. The summed E-state index contributed by atoms with van der Waals surface area (Å²) < 4.78 is 5.17. The maximum atomic E-state index is 13.1. The van der Waals surface area contributed by atoms with Crippen molar-refractivity contribution in [2.45, 2.75) is 6.42 Å². The number of nitrogens with one attached hydrogen (secondary N) is 1. The maximum absolute atomic E-state index is 13.1. The highest BCUT2D eigenvalue weighted by Crippen LogP contribution is 2.35. The number of thiophene rings is 1. The normalized spacial score (nSPS) is 10.9. The quantitative estimate of drug-likeness (QED) is 0.480. The van der Waals surface area contributed by atoms with E-state index in [-0.39, 0.29) is 18.1 Å². The summed E-state index contributed by atoms with van der Waals surface area (Å²) in [6.45, 7) is 1.34. The fraction of sp³-hybridized carbons (Fsp3) is 0.250. The summed E-state index contributed by atoms with van der Waals surface area (Å²) in [5, 5.41) is 3.57. The van der Waals surface area contributed by atoms with Crippen molar-refractivity contribution in [1.29, 1.82) is 0 Å². The van der Waals surface area contributed by atoms with Crippen LogP contribution in [0.3, 0.4) is 0 Å². The number of halogens is 1. The molecular weight excluding hydrogens is 432 g/mol. The Morgan fingerprint density at radius 1 is 1.06 bits per heavy atom. The number of hydrogen-bond acceptors (Lipinski definition) is 5. The lowest BCUT2D eigenvalue weighted by Gasteiger charge is -2.10. The first-order valence-electron chi connectivity index (χ1n) is 9.86. The van der Waals surface area contributed by atoms with E-state index in [0.717, 1.165) is 22.5 Å². The highest BCUT2D eigenvalue weighted by Gasteiger charge is 2.19. The fourth-order valence-electron chi connectivity index (χ4n) is 3.06. The van der Waals surface area contributed by atoms with Gasteiger partial charge in [0, 0.05) is 28.6 Å². The van der Waals surface area contributed by atoms with Gasteiger partial charge >= 0.3 is 0 Å². The standard InChI is InChI=1S/C24H25ClN2O3S/c1-27(2)13-12-26-22(28)15-18-14-21(23(29)16-6-10-20(30-3)11-7-16)31-24(18)17-4-8-19(25)9-5-17/h4-11,14H,12-13,15H2,1-3H3,(H,26,28). The van der Waals surface area contributed by atoms with Crippen molar-refractivity contribution in [2.24, 2.45) is 0 Å². The van der Waals surface area contributed by atoms with E-state index in [1.807, 2.05) is 49.3 Å². The molecule has 1 N–H and O–H groups in total. The van der Waals surface area contributed by atoms with Crippen molar-refractivity contribution in [3.8, 4) is 16.2 Å². The van der Waals surface area contributed by atoms with Crippen LogP contribution in [0.1, 0.15) is 20.8 Å². The smallest absolute Gasteiger partial charge is 0.224 e. The molecule has 5 nitrogen and oxygen atoms in total. The lowest BCUT2D eigenvalue weighted by molar-refractivity contribution is -0.120. The average molecular weight is 457 g/mol. The van der Waals surface area contributed by atoms with Crippen LogP contribution in [0.15, 0.2) is 54.6 Å². The zero-order chi connectivity index (χ0) is 22.4. The van der Waals surface area contributed by atoms with Crippen LogP contribution in [0.25, 0.3) is 10.4 Å². The van der Waals surface area contributed by atoms with Gasteiger partial charge in [0.2, 0.25) is 11.7 Å². The van der Waals surface area contributed by atoms with Crippen LogP contribution in [0.5, 0.6) is 5.75 Å². The molecule has 0 aliphatic rings. The summed E-state index contributed by atoms with van der Waals surface area (Å²) in [4.78, 5) is 29.1. The lowest BCUT2D eigenvalue weighted by Crippen LogP contribution is -2.32. The molecule has 0 saturated carbocycles. The molecule has 0 fully saturated rings. The van der Waals surface area contributed by atoms with E-state index in [4.69, 9.17) is 16.3 Å². The van der Waals surface area contributed by atoms with Gasteiger partial charge in [-0.05, 0) is 67.7 Å². The van der Waals surface area contributed by atoms with Gasteiger partial charge < -0.3 is 15.0 Å². The SMILES string of the molecule is COc1ccc(C(=O)c2cc(CC(=O)NCCN(C)C)c(-c3ccc(Cl)cc3)s2)cc1. The Hall–Kier alpha value is -2.67. The third-order valence-corrected chi connectivity index (χ3v) is 6.20. The van der Waals surface area contributed by atoms with Gasteiger partial charge in [0.25, 0.3) is 0 Å². The molecule has 3 aromatic rings. The highest BCUT2D eigenvalue weighted by atomic mass is 35.5. The number of ketones is 1. The van der Waals surface area contributed by atoms with Crippen LogP contribution in [0.2, 0.25) is 5.02 Å². The van der Waals surface area contributed by atoms with E-state index in [0.29, 0.717) is 27.8 Å². The first kappa shape index (κ1) is 23.0. The number of amides is 1. The van der Waals surface area contributed by atoms with Crippen molar-refractivity contribution >= 4 is 34.6 Å². The molecule has 0 atom stereocenters. The number of nitrogens with zero attached hydrogens (tertiary/aromatic N) is 1. The van der Waals surface area contributed by atoms with Crippen LogP contribution < -0.4 is 10.1 Å². The summed E-state index contributed by atoms with van der Waals surface area (Å²) in [5.74, 6) is 0.542. The number of ether oxygens (including phenoxy) is 1. The predicted octanol–water partition coefficient (Wildman–Crippen LogP) is 4.53. The fourth-order valence-corrected chi connectivity index (χ4v) is 4.33. The second kappa shape index (κ2) is 10.6. The molecule has 0 radical (unpaired) electrons. The van der Waals surface area contributed by atoms with Crippen LogP contribution in [-0.2, 0) is 11.2 Å². The van der Waals surface area contributed by atoms with Crippen LogP contribution in [-0.4, -0.2) is 50.9 Å². The van der Waals surface area contributed by atoms with Crippen LogP contribution in [0, 0.1) is 0 Å². The summed E-state index contributed by atoms with van der Waals surface area (Å²) >= 11 is 7.43. The Balaban J connectivity index is 1.88. The number of rotatable bonds is 9. The number of carbonyl (C=O) groups excluding carboxylic acids is 2. The first-order chi connectivity index (χ1) is 14.9. The number of carbonyl (C=O) groups is 2.